The van der Waals surface area contributed by atoms with Crippen molar-refractivity contribution in [1.82, 2.24) is 19.7 Å². The van der Waals surface area contributed by atoms with E-state index in [1.165, 1.54) is 6.92 Å². The third kappa shape index (κ3) is 4.13. The number of hydrogen-bond acceptors (Lipinski definition) is 6. The van der Waals surface area contributed by atoms with Gasteiger partial charge < -0.3 is 20.0 Å². The van der Waals surface area contributed by atoms with E-state index < -0.39 is 27.3 Å². The van der Waals surface area contributed by atoms with Crippen LogP contribution in [-0.2, 0) is 11.3 Å². The van der Waals surface area contributed by atoms with Gasteiger partial charge in [-0.3, -0.25) is 14.9 Å². The molecule has 11 nitrogen and oxygen atoms in total. The first-order chi connectivity index (χ1) is 13.8. The average Bonchev–Trinajstić information content (AvgIpc) is 3.30. The Morgan fingerprint density at radius 1 is 1.14 bits per heavy atom. The van der Waals surface area contributed by atoms with E-state index in [1.807, 2.05) is 53.4 Å². The Morgan fingerprint density at radius 3 is 2.28 bits per heavy atom. The van der Waals surface area contributed by atoms with Crippen LogP contribution in [0.15, 0.2) is 48.8 Å². The van der Waals surface area contributed by atoms with Crippen LogP contribution in [-0.4, -0.2) is 30.1 Å². The highest BCUT2D eigenvalue weighted by molar-refractivity contribution is 5.76. The third-order valence-corrected chi connectivity index (χ3v) is 4.48. The molecule has 2 heterocycles. The van der Waals surface area contributed by atoms with Gasteiger partial charge in [0.2, 0.25) is 5.91 Å². The first-order valence-electron chi connectivity index (χ1n) is 8.66. The minimum Gasteiger partial charge on any atom is -0.358 e. The summed E-state index contributed by atoms with van der Waals surface area (Å²) >= 11 is 0. The number of aromatic nitrogens is 3. The van der Waals surface area contributed by atoms with E-state index in [4.69, 9.17) is 0 Å². The fourth-order valence-corrected chi connectivity index (χ4v) is 2.96. The van der Waals surface area contributed by atoms with Gasteiger partial charge in [-0.15, -0.1) is 0 Å². The molecule has 0 fully saturated rings. The van der Waals surface area contributed by atoms with E-state index in [2.05, 4.69) is 10.4 Å². The molecule has 1 unspecified atom stereocenters. The fourth-order valence-electron chi connectivity index (χ4n) is 2.96. The summed E-state index contributed by atoms with van der Waals surface area (Å²) in [6.45, 7) is 2.74. The summed E-state index contributed by atoms with van der Waals surface area (Å²) < 4.78 is 2.92. The zero-order valence-corrected chi connectivity index (χ0v) is 15.7. The molecule has 0 aliphatic rings. The number of benzene rings is 1. The van der Waals surface area contributed by atoms with Gasteiger partial charge in [-0.25, -0.2) is 0 Å². The van der Waals surface area contributed by atoms with Crippen LogP contribution < -0.4 is 5.32 Å². The lowest BCUT2D eigenvalue weighted by atomic mass is 10.1. The van der Waals surface area contributed by atoms with Crippen molar-refractivity contribution in [2.75, 3.05) is 0 Å². The summed E-state index contributed by atoms with van der Waals surface area (Å²) in [5.41, 5.74) is 1.07. The van der Waals surface area contributed by atoms with Gasteiger partial charge in [0, 0.05) is 18.1 Å². The molecule has 0 saturated carbocycles. The van der Waals surface area contributed by atoms with Crippen molar-refractivity contribution in [3.05, 3.63) is 80.3 Å². The summed E-state index contributed by atoms with van der Waals surface area (Å²) in [7, 11) is 0. The molecular weight excluding hydrogens is 380 g/mol. The van der Waals surface area contributed by atoms with Crippen LogP contribution in [0.3, 0.4) is 0 Å². The Morgan fingerprint density at radius 2 is 1.76 bits per heavy atom. The Labute approximate surface area is 164 Å². The molecule has 0 spiro atoms. The largest absolute Gasteiger partial charge is 0.468 e. The van der Waals surface area contributed by atoms with E-state index in [0.717, 1.165) is 15.9 Å². The topological polar surface area (TPSA) is 138 Å². The lowest BCUT2D eigenvalue weighted by molar-refractivity contribution is -0.424. The van der Waals surface area contributed by atoms with Crippen LogP contribution >= 0.6 is 0 Å². The van der Waals surface area contributed by atoms with Crippen LogP contribution in [0.1, 0.15) is 24.2 Å². The van der Waals surface area contributed by atoms with E-state index in [0.29, 0.717) is 0 Å². The molecule has 0 radical (unpaired) electrons. The van der Waals surface area contributed by atoms with Gasteiger partial charge in [-0.2, -0.15) is 4.68 Å². The second kappa shape index (κ2) is 7.92. The monoisotopic (exact) mass is 398 g/mol. The molecule has 0 aliphatic heterocycles. The smallest absolute Gasteiger partial charge is 0.358 e. The van der Waals surface area contributed by atoms with Crippen LogP contribution in [0.4, 0.5) is 11.5 Å². The Kier molecular flexibility index (Phi) is 5.39. The summed E-state index contributed by atoms with van der Waals surface area (Å²) in [5, 5.41) is 28.4. The van der Waals surface area contributed by atoms with Crippen LogP contribution in [0.2, 0.25) is 0 Å². The normalized spacial score (nSPS) is 11.8. The van der Waals surface area contributed by atoms with Crippen LogP contribution in [0.5, 0.6) is 0 Å². The van der Waals surface area contributed by atoms with Gasteiger partial charge in [-0.05, 0) is 48.6 Å². The second-order valence-electron chi connectivity index (χ2n) is 6.40. The molecule has 150 valence electrons. The SMILES string of the molecule is Cc1c([N+](=O)[O-])c([N+](=O)[O-])nn1CC(=O)NC(C)c1ccc(-n2cccc2)cc1. The number of nitrogens with one attached hydrogen (secondary N) is 1. The first-order valence-corrected chi connectivity index (χ1v) is 8.66. The van der Waals surface area contributed by atoms with Crippen LogP contribution in [0, 0.1) is 27.2 Å². The van der Waals surface area contributed by atoms with E-state index in [1.54, 1.807) is 6.92 Å². The van der Waals surface area contributed by atoms with Gasteiger partial charge in [-0.1, -0.05) is 12.1 Å². The van der Waals surface area contributed by atoms with Crippen molar-refractivity contribution in [3.8, 4) is 5.69 Å². The molecule has 1 aromatic carbocycles. The molecule has 0 bridgehead atoms. The Hall–Kier alpha value is -4.02. The van der Waals surface area contributed by atoms with Gasteiger partial charge in [0.1, 0.15) is 12.2 Å². The maximum absolute atomic E-state index is 12.3. The summed E-state index contributed by atoms with van der Waals surface area (Å²) in [4.78, 5) is 32.6. The van der Waals surface area contributed by atoms with Crippen molar-refractivity contribution in [3.63, 3.8) is 0 Å². The molecular formula is C18H18N6O5. The third-order valence-electron chi connectivity index (χ3n) is 4.48. The molecule has 1 atom stereocenters. The molecule has 3 rings (SSSR count). The highest BCUT2D eigenvalue weighted by Crippen LogP contribution is 2.29. The zero-order valence-electron chi connectivity index (χ0n) is 15.7. The van der Waals surface area contributed by atoms with E-state index in [9.17, 15) is 25.0 Å². The molecule has 29 heavy (non-hydrogen) atoms. The number of hydrogen-bond donors (Lipinski definition) is 1. The van der Waals surface area contributed by atoms with E-state index in [-0.39, 0.29) is 18.3 Å². The fraction of sp³-hybridized carbons (Fsp3) is 0.222. The molecule has 11 heteroatoms. The van der Waals surface area contributed by atoms with E-state index >= 15 is 0 Å². The van der Waals surface area contributed by atoms with Crippen molar-refractivity contribution in [2.24, 2.45) is 0 Å². The summed E-state index contributed by atoms with van der Waals surface area (Å²) in [5.74, 6) is -1.35. The van der Waals surface area contributed by atoms with Crippen LogP contribution in [0.25, 0.3) is 5.69 Å². The minimum absolute atomic E-state index is 0.0550. The lowest BCUT2D eigenvalue weighted by Gasteiger charge is -2.15. The van der Waals surface area contributed by atoms with Gasteiger partial charge in [0.15, 0.2) is 0 Å². The summed E-state index contributed by atoms with van der Waals surface area (Å²) in [6, 6.07) is 11.1. The van der Waals surface area contributed by atoms with Gasteiger partial charge in [0.05, 0.1) is 16.1 Å². The van der Waals surface area contributed by atoms with Crippen molar-refractivity contribution < 1.29 is 14.6 Å². The highest BCUT2D eigenvalue weighted by atomic mass is 16.6. The zero-order chi connectivity index (χ0) is 21.1. The quantitative estimate of drug-likeness (QED) is 0.479. The van der Waals surface area contributed by atoms with Gasteiger partial charge in [0.25, 0.3) is 0 Å². The molecule has 0 aliphatic carbocycles. The molecule has 3 aromatic rings. The Bertz CT molecular complexity index is 1060. The number of carbonyl (C=O) groups is 1. The number of nitrogens with zero attached hydrogens (tertiary/aromatic N) is 5. The maximum Gasteiger partial charge on any atom is 0.468 e. The number of amides is 1. The highest BCUT2D eigenvalue weighted by Gasteiger charge is 2.35. The van der Waals surface area contributed by atoms with Crippen molar-refractivity contribution in [2.45, 2.75) is 26.4 Å². The second-order valence-corrected chi connectivity index (χ2v) is 6.40. The molecule has 1 N–H and O–H groups in total. The van der Waals surface area contributed by atoms with Crippen molar-refractivity contribution in [1.29, 1.82) is 0 Å². The van der Waals surface area contributed by atoms with Crippen molar-refractivity contribution >= 4 is 17.4 Å². The van der Waals surface area contributed by atoms with Gasteiger partial charge >= 0.3 is 11.5 Å². The lowest BCUT2D eigenvalue weighted by Crippen LogP contribution is -2.30. The average molecular weight is 398 g/mol. The first kappa shape index (κ1) is 19.7. The predicted octanol–water partition coefficient (Wildman–Crippen LogP) is 2.68. The Balaban J connectivity index is 1.70. The summed E-state index contributed by atoms with van der Waals surface area (Å²) in [6.07, 6.45) is 3.84. The molecule has 0 saturated heterocycles. The minimum atomic E-state index is -0.936. The molecule has 1 amide bonds. The predicted molar refractivity (Wildman–Crippen MR) is 103 cm³/mol. The number of nitro groups is 2. The molecule has 2 aromatic heterocycles. The number of rotatable bonds is 7. The standard InChI is InChI=1S/C18H18N6O5/c1-12(14-5-7-15(8-6-14)21-9-3-4-10-21)19-16(25)11-22-13(2)17(23(26)27)18(20-22)24(28)29/h3-10,12H,11H2,1-2H3,(H,19,25). The number of carbonyl (C=O) groups excluding carboxylic acids is 1. The maximum atomic E-state index is 12.3.